The fourth-order valence-electron chi connectivity index (χ4n) is 4.47. The smallest absolute Gasteiger partial charge is 0.251 e. The Labute approximate surface area is 151 Å². The molecule has 1 aliphatic carbocycles. The third-order valence-corrected chi connectivity index (χ3v) is 5.72. The number of aryl methyl sites for hydroxylation is 1. The van der Waals surface area contributed by atoms with Crippen molar-refractivity contribution in [2.24, 2.45) is 5.73 Å². The first-order chi connectivity index (χ1) is 12.0. The largest absolute Gasteiger partial charge is 0.366 e. The second kappa shape index (κ2) is 7.47. The SMILES string of the molecule is Cc1ccc(-c2c(C(N)=O)c(C)n(C3CCCCCCC3)c2C)cc1. The molecule has 0 unspecified atom stereocenters. The number of nitrogens with zero attached hydrogens (tertiary/aromatic N) is 1. The van der Waals surface area contributed by atoms with Gasteiger partial charge in [0.15, 0.2) is 0 Å². The highest BCUT2D eigenvalue weighted by molar-refractivity contribution is 6.02. The minimum atomic E-state index is -0.319. The predicted octanol–water partition coefficient (Wildman–Crippen LogP) is 5.46. The zero-order valence-electron chi connectivity index (χ0n) is 15.8. The molecule has 0 radical (unpaired) electrons. The lowest BCUT2D eigenvalue weighted by molar-refractivity contribution is 0.1000. The summed E-state index contributed by atoms with van der Waals surface area (Å²) < 4.78 is 2.40. The number of aromatic nitrogens is 1. The molecule has 1 heterocycles. The molecular formula is C22H30N2O. The Balaban J connectivity index is 2.12. The lowest BCUT2D eigenvalue weighted by atomic mass is 9.96. The highest BCUT2D eigenvalue weighted by atomic mass is 16.1. The van der Waals surface area contributed by atoms with Crippen molar-refractivity contribution in [1.82, 2.24) is 4.57 Å². The van der Waals surface area contributed by atoms with E-state index in [-0.39, 0.29) is 5.91 Å². The maximum atomic E-state index is 12.3. The number of carbonyl (C=O) groups is 1. The number of benzene rings is 1. The second-order valence-electron chi connectivity index (χ2n) is 7.52. The Morgan fingerprint density at radius 3 is 2.04 bits per heavy atom. The van der Waals surface area contributed by atoms with Gasteiger partial charge in [-0.05, 0) is 39.2 Å². The third kappa shape index (κ3) is 3.51. The second-order valence-corrected chi connectivity index (χ2v) is 7.52. The normalized spacial score (nSPS) is 16.4. The molecule has 25 heavy (non-hydrogen) atoms. The van der Waals surface area contributed by atoms with E-state index in [1.54, 1.807) is 0 Å². The summed E-state index contributed by atoms with van der Waals surface area (Å²) in [6.45, 7) is 6.29. The molecule has 2 aromatic rings. The first-order valence-corrected chi connectivity index (χ1v) is 9.59. The summed E-state index contributed by atoms with van der Waals surface area (Å²) in [5, 5.41) is 0. The van der Waals surface area contributed by atoms with Gasteiger partial charge in [0.25, 0.3) is 5.91 Å². The standard InChI is InChI=1S/C22H30N2O/c1-15-11-13-18(14-12-15)20-16(2)24(17(3)21(20)22(23)25)19-9-7-5-4-6-8-10-19/h11-14,19H,4-10H2,1-3H3,(H2,23,25). The zero-order chi connectivity index (χ0) is 18.0. The van der Waals surface area contributed by atoms with Gasteiger partial charge in [0.2, 0.25) is 0 Å². The van der Waals surface area contributed by atoms with Crippen molar-refractivity contribution in [3.05, 3.63) is 46.8 Å². The average molecular weight is 338 g/mol. The fourth-order valence-corrected chi connectivity index (χ4v) is 4.47. The number of nitrogens with two attached hydrogens (primary N) is 1. The molecule has 0 aliphatic heterocycles. The third-order valence-electron chi connectivity index (χ3n) is 5.72. The highest BCUT2D eigenvalue weighted by Gasteiger charge is 2.26. The van der Waals surface area contributed by atoms with Gasteiger partial charge in [-0.2, -0.15) is 0 Å². The molecule has 1 amide bonds. The molecule has 1 saturated carbocycles. The highest BCUT2D eigenvalue weighted by Crippen LogP contribution is 2.37. The van der Waals surface area contributed by atoms with Crippen LogP contribution in [0.4, 0.5) is 0 Å². The van der Waals surface area contributed by atoms with Gasteiger partial charge < -0.3 is 10.3 Å². The van der Waals surface area contributed by atoms with E-state index in [1.807, 2.05) is 0 Å². The van der Waals surface area contributed by atoms with E-state index < -0.39 is 0 Å². The maximum Gasteiger partial charge on any atom is 0.251 e. The molecule has 3 rings (SSSR count). The van der Waals surface area contributed by atoms with Crippen molar-refractivity contribution >= 4 is 5.91 Å². The van der Waals surface area contributed by atoms with Crippen molar-refractivity contribution in [2.75, 3.05) is 0 Å². The predicted molar refractivity (Wildman–Crippen MR) is 104 cm³/mol. The Kier molecular flexibility index (Phi) is 5.31. The molecule has 1 aromatic heterocycles. The molecule has 0 saturated heterocycles. The van der Waals surface area contributed by atoms with E-state index in [0.717, 1.165) is 16.8 Å². The monoisotopic (exact) mass is 338 g/mol. The Hall–Kier alpha value is -2.03. The van der Waals surface area contributed by atoms with Crippen LogP contribution in [0, 0.1) is 20.8 Å². The minimum absolute atomic E-state index is 0.319. The Morgan fingerprint density at radius 1 is 0.920 bits per heavy atom. The van der Waals surface area contributed by atoms with Crippen LogP contribution < -0.4 is 5.73 Å². The number of amides is 1. The van der Waals surface area contributed by atoms with Gasteiger partial charge in [-0.15, -0.1) is 0 Å². The van der Waals surface area contributed by atoms with E-state index in [0.29, 0.717) is 11.6 Å². The molecule has 134 valence electrons. The molecule has 0 atom stereocenters. The van der Waals surface area contributed by atoms with Crippen molar-refractivity contribution in [1.29, 1.82) is 0 Å². The molecule has 0 spiro atoms. The van der Waals surface area contributed by atoms with Crippen LogP contribution in [0.3, 0.4) is 0 Å². The molecule has 0 bridgehead atoms. The Morgan fingerprint density at radius 2 is 1.48 bits per heavy atom. The Bertz CT molecular complexity index is 747. The van der Waals surface area contributed by atoms with Gasteiger partial charge in [-0.1, -0.05) is 61.9 Å². The topological polar surface area (TPSA) is 48.0 Å². The van der Waals surface area contributed by atoms with Gasteiger partial charge in [-0.3, -0.25) is 4.79 Å². The summed E-state index contributed by atoms with van der Waals surface area (Å²) in [5.74, 6) is -0.319. The van der Waals surface area contributed by atoms with Gasteiger partial charge in [0.05, 0.1) is 5.56 Å². The van der Waals surface area contributed by atoms with Crippen molar-refractivity contribution in [3.63, 3.8) is 0 Å². The number of hydrogen-bond donors (Lipinski definition) is 1. The molecule has 1 aliphatic rings. The van der Waals surface area contributed by atoms with Crippen LogP contribution in [0.5, 0.6) is 0 Å². The quantitative estimate of drug-likeness (QED) is 0.793. The summed E-state index contributed by atoms with van der Waals surface area (Å²) >= 11 is 0. The summed E-state index contributed by atoms with van der Waals surface area (Å²) in [4.78, 5) is 12.3. The summed E-state index contributed by atoms with van der Waals surface area (Å²) in [5.41, 5.74) is 12.0. The van der Waals surface area contributed by atoms with Gasteiger partial charge in [0, 0.05) is 23.0 Å². The van der Waals surface area contributed by atoms with Gasteiger partial charge in [0.1, 0.15) is 0 Å². The van der Waals surface area contributed by atoms with Crippen LogP contribution in [0.1, 0.15) is 78.3 Å². The molecule has 3 heteroatoms. The summed E-state index contributed by atoms with van der Waals surface area (Å²) in [6, 6.07) is 8.89. The molecule has 1 fully saturated rings. The number of hydrogen-bond acceptors (Lipinski definition) is 1. The fraction of sp³-hybridized carbons (Fsp3) is 0.500. The minimum Gasteiger partial charge on any atom is -0.366 e. The van der Waals surface area contributed by atoms with Crippen molar-refractivity contribution < 1.29 is 4.79 Å². The van der Waals surface area contributed by atoms with Crippen LogP contribution in [0.15, 0.2) is 24.3 Å². The van der Waals surface area contributed by atoms with E-state index in [1.165, 1.54) is 56.2 Å². The molecular weight excluding hydrogens is 308 g/mol. The summed E-state index contributed by atoms with van der Waals surface area (Å²) in [6.07, 6.45) is 8.94. The van der Waals surface area contributed by atoms with Crippen LogP contribution >= 0.6 is 0 Å². The molecule has 3 nitrogen and oxygen atoms in total. The van der Waals surface area contributed by atoms with E-state index in [4.69, 9.17) is 5.73 Å². The lowest BCUT2D eigenvalue weighted by Crippen LogP contribution is -2.16. The maximum absolute atomic E-state index is 12.3. The van der Waals surface area contributed by atoms with Crippen molar-refractivity contribution in [2.45, 2.75) is 71.8 Å². The molecule has 1 aromatic carbocycles. The van der Waals surface area contributed by atoms with E-state index in [9.17, 15) is 4.79 Å². The average Bonchev–Trinajstić information content (AvgIpc) is 2.80. The van der Waals surface area contributed by atoms with Crippen LogP contribution in [0.25, 0.3) is 11.1 Å². The summed E-state index contributed by atoms with van der Waals surface area (Å²) in [7, 11) is 0. The first-order valence-electron chi connectivity index (χ1n) is 9.59. The number of rotatable bonds is 3. The van der Waals surface area contributed by atoms with Gasteiger partial charge >= 0.3 is 0 Å². The lowest BCUT2D eigenvalue weighted by Gasteiger charge is -2.25. The van der Waals surface area contributed by atoms with Crippen LogP contribution in [0.2, 0.25) is 0 Å². The van der Waals surface area contributed by atoms with Crippen LogP contribution in [-0.4, -0.2) is 10.5 Å². The van der Waals surface area contributed by atoms with Crippen molar-refractivity contribution in [3.8, 4) is 11.1 Å². The van der Waals surface area contributed by atoms with Crippen LogP contribution in [-0.2, 0) is 0 Å². The van der Waals surface area contributed by atoms with Gasteiger partial charge in [-0.25, -0.2) is 0 Å². The van der Waals surface area contributed by atoms with E-state index in [2.05, 4.69) is 49.6 Å². The van der Waals surface area contributed by atoms with E-state index >= 15 is 0 Å². The first kappa shape index (κ1) is 17.8. The number of primary amides is 1. The number of carbonyl (C=O) groups excluding carboxylic acids is 1. The zero-order valence-corrected chi connectivity index (χ0v) is 15.8. The molecule has 2 N–H and O–H groups in total.